The van der Waals surface area contributed by atoms with Crippen LogP contribution in [0, 0.1) is 5.92 Å². The first kappa shape index (κ1) is 15.9. The minimum atomic E-state index is -0.628. The molecule has 2 unspecified atom stereocenters. The van der Waals surface area contributed by atoms with Gasteiger partial charge in [0.2, 0.25) is 0 Å². The van der Waals surface area contributed by atoms with Crippen molar-refractivity contribution in [1.29, 1.82) is 0 Å². The number of aliphatic hydroxyl groups is 1. The lowest BCUT2D eigenvalue weighted by Gasteiger charge is -2.36. The van der Waals surface area contributed by atoms with E-state index in [-0.39, 0.29) is 0 Å². The Morgan fingerprint density at radius 1 is 1.44 bits per heavy atom. The number of hydrogen-bond acceptors (Lipinski definition) is 4. The Kier molecular flexibility index (Phi) is 6.57. The number of ether oxygens (including phenoxy) is 1. The molecule has 1 rings (SSSR count). The van der Waals surface area contributed by atoms with E-state index in [0.29, 0.717) is 18.5 Å². The summed E-state index contributed by atoms with van der Waals surface area (Å²) in [5.41, 5.74) is -0.628. The van der Waals surface area contributed by atoms with Crippen LogP contribution in [0.1, 0.15) is 33.6 Å². The lowest BCUT2D eigenvalue weighted by Crippen LogP contribution is -2.49. The molecule has 0 aromatic carbocycles. The van der Waals surface area contributed by atoms with Crippen molar-refractivity contribution >= 4 is 0 Å². The largest absolute Gasteiger partial charge is 0.389 e. The van der Waals surface area contributed by atoms with Gasteiger partial charge in [0.15, 0.2) is 0 Å². The highest BCUT2D eigenvalue weighted by Gasteiger charge is 2.27. The Labute approximate surface area is 112 Å². The van der Waals surface area contributed by atoms with Gasteiger partial charge in [0.1, 0.15) is 0 Å². The minimum Gasteiger partial charge on any atom is -0.389 e. The summed E-state index contributed by atoms with van der Waals surface area (Å²) in [7, 11) is 2.07. The summed E-state index contributed by atoms with van der Waals surface area (Å²) in [4.78, 5) is 2.21. The van der Waals surface area contributed by atoms with Crippen molar-refractivity contribution in [2.45, 2.75) is 45.3 Å². The SMILES string of the molecule is CCCNC1CCOCC1CN(C)CC(C)(C)O. The van der Waals surface area contributed by atoms with Crippen LogP contribution in [0.15, 0.2) is 0 Å². The second-order valence-electron chi connectivity index (χ2n) is 6.19. The fourth-order valence-electron chi connectivity index (χ4n) is 2.70. The van der Waals surface area contributed by atoms with Crippen LogP contribution >= 0.6 is 0 Å². The predicted molar refractivity (Wildman–Crippen MR) is 74.8 cm³/mol. The summed E-state index contributed by atoms with van der Waals surface area (Å²) in [6.45, 7) is 10.4. The smallest absolute Gasteiger partial charge is 0.0718 e. The molecule has 1 heterocycles. The standard InChI is InChI=1S/C14H30N2O2/c1-5-7-15-13-6-8-18-10-12(13)9-16(4)11-14(2,3)17/h12-13,15,17H,5-11H2,1-4H3. The van der Waals surface area contributed by atoms with E-state index in [1.165, 1.54) is 6.42 Å². The van der Waals surface area contributed by atoms with Crippen molar-refractivity contribution in [3.8, 4) is 0 Å². The molecule has 18 heavy (non-hydrogen) atoms. The van der Waals surface area contributed by atoms with Gasteiger partial charge in [-0.25, -0.2) is 0 Å². The summed E-state index contributed by atoms with van der Waals surface area (Å²) in [6, 6.07) is 0.558. The molecule has 1 fully saturated rings. The quantitative estimate of drug-likeness (QED) is 0.717. The average Bonchev–Trinajstić information content (AvgIpc) is 2.25. The maximum atomic E-state index is 9.84. The van der Waals surface area contributed by atoms with Crippen molar-refractivity contribution in [3.05, 3.63) is 0 Å². The zero-order valence-corrected chi connectivity index (χ0v) is 12.4. The number of nitrogens with one attached hydrogen (secondary N) is 1. The van der Waals surface area contributed by atoms with Gasteiger partial charge in [-0.2, -0.15) is 0 Å². The average molecular weight is 258 g/mol. The van der Waals surface area contributed by atoms with Crippen LogP contribution in [0.5, 0.6) is 0 Å². The molecule has 4 nitrogen and oxygen atoms in total. The van der Waals surface area contributed by atoms with E-state index in [2.05, 4.69) is 24.2 Å². The zero-order chi connectivity index (χ0) is 13.6. The van der Waals surface area contributed by atoms with Gasteiger partial charge < -0.3 is 20.1 Å². The molecular weight excluding hydrogens is 228 g/mol. The highest BCUT2D eigenvalue weighted by Crippen LogP contribution is 2.17. The van der Waals surface area contributed by atoms with Gasteiger partial charge >= 0.3 is 0 Å². The Morgan fingerprint density at radius 2 is 2.17 bits per heavy atom. The van der Waals surface area contributed by atoms with Gasteiger partial charge in [-0.1, -0.05) is 6.92 Å². The molecule has 1 saturated heterocycles. The van der Waals surface area contributed by atoms with Crippen molar-refractivity contribution in [2.75, 3.05) is 39.9 Å². The molecule has 1 aliphatic heterocycles. The Hall–Kier alpha value is -0.160. The van der Waals surface area contributed by atoms with E-state index in [1.54, 1.807) is 0 Å². The summed E-state index contributed by atoms with van der Waals surface area (Å²) in [5.74, 6) is 0.526. The molecule has 0 aromatic rings. The predicted octanol–water partition coefficient (Wildman–Crippen LogP) is 1.09. The summed E-state index contributed by atoms with van der Waals surface area (Å²) in [5, 5.41) is 13.5. The van der Waals surface area contributed by atoms with E-state index < -0.39 is 5.60 Å². The topological polar surface area (TPSA) is 44.7 Å². The molecular formula is C14H30N2O2. The molecule has 108 valence electrons. The van der Waals surface area contributed by atoms with E-state index in [1.807, 2.05) is 13.8 Å². The minimum absolute atomic E-state index is 0.526. The molecule has 0 aliphatic carbocycles. The Balaban J connectivity index is 2.40. The molecule has 0 bridgehead atoms. The molecule has 0 amide bonds. The van der Waals surface area contributed by atoms with Crippen molar-refractivity contribution < 1.29 is 9.84 Å². The lowest BCUT2D eigenvalue weighted by molar-refractivity contribution is 0.000588. The first-order valence-corrected chi connectivity index (χ1v) is 7.14. The van der Waals surface area contributed by atoms with E-state index in [0.717, 1.165) is 32.7 Å². The van der Waals surface area contributed by atoms with Crippen LogP contribution in [0.2, 0.25) is 0 Å². The lowest BCUT2D eigenvalue weighted by atomic mass is 9.94. The third-order valence-corrected chi connectivity index (χ3v) is 3.33. The molecule has 0 saturated carbocycles. The molecule has 0 radical (unpaired) electrons. The highest BCUT2D eigenvalue weighted by molar-refractivity contribution is 4.82. The van der Waals surface area contributed by atoms with Crippen LogP contribution in [0.4, 0.5) is 0 Å². The maximum absolute atomic E-state index is 9.84. The number of rotatable bonds is 7. The first-order valence-electron chi connectivity index (χ1n) is 7.14. The van der Waals surface area contributed by atoms with Gasteiger partial charge in [-0.3, -0.25) is 0 Å². The van der Waals surface area contributed by atoms with Crippen LogP contribution in [-0.4, -0.2) is 61.5 Å². The molecule has 0 spiro atoms. The molecule has 4 heteroatoms. The summed E-state index contributed by atoms with van der Waals surface area (Å²) in [6.07, 6.45) is 2.27. The van der Waals surface area contributed by atoms with Gasteiger partial charge in [0.05, 0.1) is 12.2 Å². The number of likely N-dealkylation sites (N-methyl/N-ethyl adjacent to an activating group) is 1. The molecule has 2 N–H and O–H groups in total. The summed E-state index contributed by atoms with van der Waals surface area (Å²) < 4.78 is 5.59. The highest BCUT2D eigenvalue weighted by atomic mass is 16.5. The molecule has 0 aromatic heterocycles. The van der Waals surface area contributed by atoms with E-state index in [4.69, 9.17) is 4.74 Å². The fraction of sp³-hybridized carbons (Fsp3) is 1.00. The van der Waals surface area contributed by atoms with Crippen LogP contribution in [0.3, 0.4) is 0 Å². The molecule has 2 atom stereocenters. The third-order valence-electron chi connectivity index (χ3n) is 3.33. The van der Waals surface area contributed by atoms with E-state index >= 15 is 0 Å². The summed E-state index contributed by atoms with van der Waals surface area (Å²) >= 11 is 0. The van der Waals surface area contributed by atoms with Crippen molar-refractivity contribution in [1.82, 2.24) is 10.2 Å². The van der Waals surface area contributed by atoms with Gasteiger partial charge in [-0.15, -0.1) is 0 Å². The van der Waals surface area contributed by atoms with Crippen molar-refractivity contribution in [3.63, 3.8) is 0 Å². The van der Waals surface area contributed by atoms with Crippen LogP contribution in [0.25, 0.3) is 0 Å². The second-order valence-corrected chi connectivity index (χ2v) is 6.19. The van der Waals surface area contributed by atoms with E-state index in [9.17, 15) is 5.11 Å². The third kappa shape index (κ3) is 6.14. The zero-order valence-electron chi connectivity index (χ0n) is 12.4. The maximum Gasteiger partial charge on any atom is 0.0718 e. The first-order chi connectivity index (χ1) is 8.42. The number of hydrogen-bond donors (Lipinski definition) is 2. The van der Waals surface area contributed by atoms with Crippen LogP contribution in [-0.2, 0) is 4.74 Å². The number of nitrogens with zero attached hydrogens (tertiary/aromatic N) is 1. The second kappa shape index (κ2) is 7.43. The monoisotopic (exact) mass is 258 g/mol. The Morgan fingerprint density at radius 3 is 2.78 bits per heavy atom. The fourth-order valence-corrected chi connectivity index (χ4v) is 2.70. The van der Waals surface area contributed by atoms with Gasteiger partial charge in [-0.05, 0) is 40.3 Å². The van der Waals surface area contributed by atoms with Crippen molar-refractivity contribution in [2.24, 2.45) is 5.92 Å². The van der Waals surface area contributed by atoms with Gasteiger partial charge in [0.25, 0.3) is 0 Å². The Bertz CT molecular complexity index is 228. The molecule has 1 aliphatic rings. The van der Waals surface area contributed by atoms with Crippen LogP contribution < -0.4 is 5.32 Å². The van der Waals surface area contributed by atoms with Gasteiger partial charge in [0, 0.05) is 31.7 Å². The normalized spacial score (nSPS) is 25.7.